The lowest BCUT2D eigenvalue weighted by Gasteiger charge is -2.14. The number of hydrogen-bond acceptors (Lipinski definition) is 7. The van der Waals surface area contributed by atoms with Gasteiger partial charge in [-0.05, 0) is 46.5 Å². The summed E-state index contributed by atoms with van der Waals surface area (Å²) in [4.78, 5) is 20.2. The van der Waals surface area contributed by atoms with Crippen LogP contribution in [0.3, 0.4) is 0 Å². The number of allylic oxidation sites excluding steroid dienone is 7. The minimum absolute atomic E-state index is 0.0920. The predicted octanol–water partition coefficient (Wildman–Crippen LogP) is 6.61. The lowest BCUT2D eigenvalue weighted by molar-refractivity contribution is 0.579. The van der Waals surface area contributed by atoms with E-state index in [1.165, 1.54) is 6.07 Å². The van der Waals surface area contributed by atoms with Gasteiger partial charge in [-0.25, -0.2) is 30.0 Å². The summed E-state index contributed by atoms with van der Waals surface area (Å²) >= 11 is 0. The van der Waals surface area contributed by atoms with E-state index in [0.29, 0.717) is 0 Å². The Morgan fingerprint density at radius 2 is 1.28 bits per heavy atom. The highest BCUT2D eigenvalue weighted by Gasteiger charge is 2.41. The Balaban J connectivity index is 2.03. The molecule has 2 aliphatic rings. The van der Waals surface area contributed by atoms with Crippen LogP contribution >= 0.6 is 0 Å². The van der Waals surface area contributed by atoms with Gasteiger partial charge in [0.15, 0.2) is 0 Å². The zero-order valence-corrected chi connectivity index (χ0v) is 22.6. The Labute approximate surface area is 258 Å². The molecular weight excluding hydrogens is 588 g/mol. The van der Waals surface area contributed by atoms with E-state index in [0.717, 1.165) is 24.3 Å². The number of pyridine rings is 2. The highest BCUT2D eigenvalue weighted by Crippen LogP contribution is 2.57. The third-order valence-corrected chi connectivity index (χ3v) is 7.03. The summed E-state index contributed by atoms with van der Waals surface area (Å²) < 4.78 is 30.7. The minimum Gasteiger partial charge on any atom is -0.361 e. The minimum atomic E-state index is -1.21. The number of halogens is 2. The maximum absolute atomic E-state index is 15.4. The van der Waals surface area contributed by atoms with Crippen LogP contribution < -0.4 is 0 Å². The molecule has 0 radical (unpaired) electrons. The molecule has 0 aliphatic heterocycles. The number of aromatic nitrogens is 2. The monoisotopic (exact) mass is 593 g/mol. The van der Waals surface area contributed by atoms with Crippen molar-refractivity contribution >= 4 is 39.4 Å². The Morgan fingerprint density at radius 3 is 1.80 bits per heavy atom. The molecule has 0 atom stereocenters. The molecule has 0 N–H and O–H groups in total. The maximum Gasteiger partial charge on any atom is 0.308 e. The van der Waals surface area contributed by atoms with Crippen LogP contribution in [0.2, 0.25) is 0 Å². The summed E-state index contributed by atoms with van der Waals surface area (Å²) in [6.45, 7) is 30.4. The first-order valence-electron chi connectivity index (χ1n) is 12.3. The largest absolute Gasteiger partial charge is 0.361 e. The third kappa shape index (κ3) is 4.01. The smallest absolute Gasteiger partial charge is 0.308 e. The Kier molecular flexibility index (Phi) is 7.12. The molecule has 46 heavy (non-hydrogen) atoms. The van der Waals surface area contributed by atoms with Crippen molar-refractivity contribution in [1.82, 2.24) is 9.97 Å². The van der Waals surface area contributed by atoms with Gasteiger partial charge in [-0.1, -0.05) is 17.6 Å². The van der Waals surface area contributed by atoms with E-state index in [2.05, 4.69) is 29.3 Å². The number of hydrogen-bond donors (Lipinski definition) is 0. The van der Waals surface area contributed by atoms with E-state index in [1.807, 2.05) is 12.1 Å². The molecule has 13 heteroatoms. The van der Waals surface area contributed by atoms with Crippen molar-refractivity contribution in [3.63, 3.8) is 0 Å². The van der Waals surface area contributed by atoms with Crippen LogP contribution in [0.15, 0.2) is 41.7 Å². The first-order valence-corrected chi connectivity index (χ1v) is 12.3. The summed E-state index contributed by atoms with van der Waals surface area (Å²) in [6.07, 6.45) is 0. The fourth-order valence-corrected chi connectivity index (χ4v) is 5.33. The molecule has 2 aliphatic carbocycles. The second-order valence-corrected chi connectivity index (χ2v) is 9.07. The Bertz CT molecular complexity index is 2510. The number of fused-ring (bicyclic) bond motifs is 2. The first kappa shape index (κ1) is 29.2. The molecule has 1 aromatic carbocycles. The lowest BCUT2D eigenvalue weighted by atomic mass is 9.88. The van der Waals surface area contributed by atoms with Crippen molar-refractivity contribution in [1.29, 1.82) is 26.3 Å². The fraction of sp³-hybridized carbons (Fsp3) is 0. The molecule has 0 bridgehead atoms. The quantitative estimate of drug-likeness (QED) is 0.183. The van der Waals surface area contributed by atoms with E-state index >= 15 is 8.78 Å². The number of benzene rings is 1. The van der Waals surface area contributed by atoms with Crippen molar-refractivity contribution < 1.29 is 8.78 Å². The van der Waals surface area contributed by atoms with E-state index in [9.17, 15) is 21.0 Å². The van der Waals surface area contributed by atoms with Gasteiger partial charge in [-0.3, -0.25) is 0 Å². The Morgan fingerprint density at radius 1 is 0.652 bits per heavy atom. The van der Waals surface area contributed by atoms with Gasteiger partial charge in [0, 0.05) is 33.4 Å². The molecule has 0 saturated carbocycles. The van der Waals surface area contributed by atoms with Crippen LogP contribution in [-0.4, -0.2) is 9.97 Å². The molecule has 5 rings (SSSR count). The van der Waals surface area contributed by atoms with Crippen LogP contribution in [0.4, 0.5) is 14.6 Å². The summed E-state index contributed by atoms with van der Waals surface area (Å²) in [7, 11) is 0. The van der Waals surface area contributed by atoms with Gasteiger partial charge >= 0.3 is 5.95 Å². The zero-order valence-electron chi connectivity index (χ0n) is 22.6. The average Bonchev–Trinajstić information content (AvgIpc) is 3.57. The van der Waals surface area contributed by atoms with E-state index in [4.69, 9.17) is 31.6 Å². The fourth-order valence-electron chi connectivity index (χ4n) is 5.33. The van der Waals surface area contributed by atoms with Crippen LogP contribution in [0.5, 0.6) is 0 Å². The molecule has 0 amide bonds. The van der Waals surface area contributed by atoms with Crippen LogP contribution in [0.1, 0.15) is 44.6 Å². The Hall–Kier alpha value is -8.25. The molecule has 0 spiro atoms. The van der Waals surface area contributed by atoms with Gasteiger partial charge < -0.3 is 4.85 Å². The lowest BCUT2D eigenvalue weighted by Crippen LogP contribution is -2.01. The van der Waals surface area contributed by atoms with Crippen molar-refractivity contribution in [2.45, 2.75) is 0 Å². The standard InChI is InChI=1S/C33H5F2N11/c1-41-22(13-39)28-19-9-18-20(11-37)25(16-6-5-15(10-36)45-32(16)34)30(23(14-40)42-2)26(18)21(12-38)27(19)31(44-4)29(28)17-7-8-24(43-3)46-33(17)35/h5-9H/b28-22-,30-23-. The summed E-state index contributed by atoms with van der Waals surface area (Å²) in [6, 6.07) is 14.7. The maximum atomic E-state index is 15.4. The molecule has 0 saturated heterocycles. The number of nitrogens with zero attached hydrogens (tertiary/aromatic N) is 11. The van der Waals surface area contributed by atoms with Gasteiger partial charge in [0.05, 0.1) is 49.1 Å². The van der Waals surface area contributed by atoms with E-state index in [-0.39, 0.29) is 78.3 Å². The van der Waals surface area contributed by atoms with Gasteiger partial charge in [0.25, 0.3) is 17.2 Å². The molecule has 0 fully saturated rings. The summed E-state index contributed by atoms with van der Waals surface area (Å²) in [5.74, 6) is -2.73. The average molecular weight is 593 g/mol. The molecule has 11 nitrogen and oxygen atoms in total. The van der Waals surface area contributed by atoms with Crippen molar-refractivity contribution in [3.05, 3.63) is 144 Å². The van der Waals surface area contributed by atoms with Gasteiger partial charge in [0.2, 0.25) is 11.6 Å². The van der Waals surface area contributed by atoms with Gasteiger partial charge in [0.1, 0.15) is 17.8 Å². The van der Waals surface area contributed by atoms with Crippen LogP contribution in [-0.2, 0) is 0 Å². The normalized spacial score (nSPS) is 14.5. The SMILES string of the molecule is [C-]#[N+]C1=C(c2ccc([N+]#[C-])nc2F)/C(=C(/C#N)[N+]#[C-])c2cc3c(c(C#N)c21)/C(=C(/C#N)[N+]#[C-])C(c1ccc(C#N)nc1F)=C3C#N. The molecule has 206 valence electrons. The third-order valence-electron chi connectivity index (χ3n) is 7.03. The molecule has 0 unspecified atom stereocenters. The second kappa shape index (κ2) is 11.2. The van der Waals surface area contributed by atoms with Crippen molar-refractivity contribution in [3.8, 4) is 30.3 Å². The van der Waals surface area contributed by atoms with Crippen molar-refractivity contribution in [2.24, 2.45) is 0 Å². The van der Waals surface area contributed by atoms with E-state index in [1.54, 1.807) is 18.2 Å². The van der Waals surface area contributed by atoms with Crippen LogP contribution in [0, 0.1) is 94.8 Å². The molecule has 2 heterocycles. The van der Waals surface area contributed by atoms with Crippen LogP contribution in [0.25, 0.3) is 52.9 Å². The summed E-state index contributed by atoms with van der Waals surface area (Å²) in [5.41, 5.74) is -5.09. The zero-order chi connectivity index (χ0) is 33.3. The van der Waals surface area contributed by atoms with E-state index < -0.39 is 29.0 Å². The predicted molar refractivity (Wildman–Crippen MR) is 155 cm³/mol. The molecule has 3 aromatic rings. The highest BCUT2D eigenvalue weighted by atomic mass is 19.1. The summed E-state index contributed by atoms with van der Waals surface area (Å²) in [5, 5.41) is 49.9. The van der Waals surface area contributed by atoms with Gasteiger partial charge in [-0.15, -0.1) is 0 Å². The first-order chi connectivity index (χ1) is 22.3. The number of nitriles is 5. The van der Waals surface area contributed by atoms with Crippen molar-refractivity contribution in [2.75, 3.05) is 0 Å². The molecule has 2 aromatic heterocycles. The highest BCUT2D eigenvalue weighted by molar-refractivity contribution is 6.30. The second-order valence-electron chi connectivity index (χ2n) is 9.07. The topological polar surface area (TPSA) is 162 Å². The van der Waals surface area contributed by atoms with Gasteiger partial charge in [-0.2, -0.15) is 24.6 Å². The molecular formula is C33H5F2N11. The number of rotatable bonds is 2.